The van der Waals surface area contributed by atoms with Crippen molar-refractivity contribution in [3.63, 3.8) is 0 Å². The largest absolute Gasteiger partial charge is 0.355 e. The van der Waals surface area contributed by atoms with Gasteiger partial charge in [-0.15, -0.1) is 0 Å². The topological polar surface area (TPSA) is 19.0 Å². The highest BCUT2D eigenvalue weighted by molar-refractivity contribution is 6.08. The van der Waals surface area contributed by atoms with Gasteiger partial charge in [-0.25, -0.2) is 8.78 Å². The zero-order chi connectivity index (χ0) is 23.1. The van der Waals surface area contributed by atoms with Crippen LogP contribution in [0.2, 0.25) is 0 Å². The fourth-order valence-electron chi connectivity index (χ4n) is 4.50. The number of aromatic amines is 1. The maximum absolute atomic E-state index is 14.8. The van der Waals surface area contributed by atoms with Crippen LogP contribution in [-0.2, 0) is 0 Å². The smallest absolute Gasteiger partial charge is 0.147 e. The van der Waals surface area contributed by atoms with Gasteiger partial charge in [0.25, 0.3) is 0 Å². The number of anilines is 3. The normalized spacial score (nSPS) is 11.2. The van der Waals surface area contributed by atoms with Gasteiger partial charge in [0.2, 0.25) is 0 Å². The Balaban J connectivity index is 1.44. The van der Waals surface area contributed by atoms with E-state index in [1.54, 1.807) is 41.3 Å². The number of H-pyrrole nitrogens is 1. The van der Waals surface area contributed by atoms with Crippen LogP contribution >= 0.6 is 0 Å². The zero-order valence-corrected chi connectivity index (χ0v) is 18.2. The molecular formula is C30H20F2N2. The molecule has 0 aliphatic heterocycles. The number of aromatic nitrogens is 1. The monoisotopic (exact) mass is 446 g/mol. The van der Waals surface area contributed by atoms with Gasteiger partial charge < -0.3 is 9.88 Å². The Morgan fingerprint density at radius 3 is 1.74 bits per heavy atom. The fraction of sp³-hybridized carbons (Fsp3) is 0. The van der Waals surface area contributed by atoms with Crippen molar-refractivity contribution in [1.82, 2.24) is 4.98 Å². The Kier molecular flexibility index (Phi) is 4.84. The predicted octanol–water partition coefficient (Wildman–Crippen LogP) is 8.74. The summed E-state index contributed by atoms with van der Waals surface area (Å²) in [7, 11) is 0. The van der Waals surface area contributed by atoms with Gasteiger partial charge in [0.05, 0.1) is 11.4 Å². The van der Waals surface area contributed by atoms with Crippen LogP contribution in [0.1, 0.15) is 0 Å². The van der Waals surface area contributed by atoms with Crippen LogP contribution in [0.5, 0.6) is 0 Å². The molecule has 164 valence electrons. The van der Waals surface area contributed by atoms with E-state index in [1.807, 2.05) is 36.4 Å². The van der Waals surface area contributed by atoms with E-state index in [9.17, 15) is 8.78 Å². The van der Waals surface area contributed by atoms with Gasteiger partial charge in [-0.05, 0) is 65.7 Å². The van der Waals surface area contributed by atoms with Crippen LogP contribution < -0.4 is 4.90 Å². The Bertz CT molecular complexity index is 1590. The first kappa shape index (κ1) is 20.2. The predicted molar refractivity (Wildman–Crippen MR) is 136 cm³/mol. The third-order valence-corrected chi connectivity index (χ3v) is 6.15. The minimum atomic E-state index is -0.417. The van der Waals surface area contributed by atoms with Crippen LogP contribution in [0.4, 0.5) is 25.8 Å². The second kappa shape index (κ2) is 8.16. The van der Waals surface area contributed by atoms with Gasteiger partial charge in [0.1, 0.15) is 11.6 Å². The van der Waals surface area contributed by atoms with Crippen molar-refractivity contribution in [3.8, 4) is 11.1 Å². The molecule has 0 fully saturated rings. The van der Waals surface area contributed by atoms with Gasteiger partial charge in [-0.3, -0.25) is 0 Å². The molecule has 6 aromatic rings. The molecule has 1 N–H and O–H groups in total. The standard InChI is InChI=1S/C30H20F2N2/c31-25-8-2-5-11-29(25)34(30-12-6-3-9-26(30)32)22-16-13-20(14-17-22)21-15-18-28-24(19-21)23-7-1-4-10-27(23)33-28/h1-19,33H. The molecule has 1 heterocycles. The molecule has 0 spiro atoms. The average molecular weight is 447 g/mol. The van der Waals surface area contributed by atoms with E-state index in [0.29, 0.717) is 17.1 Å². The number of para-hydroxylation sites is 3. The third kappa shape index (κ3) is 3.41. The Hall–Kier alpha value is -4.44. The molecule has 4 heteroatoms. The number of nitrogens with zero attached hydrogens (tertiary/aromatic N) is 1. The number of hydrogen-bond acceptors (Lipinski definition) is 1. The van der Waals surface area contributed by atoms with Crippen molar-refractivity contribution in [2.75, 3.05) is 4.90 Å². The molecule has 0 radical (unpaired) electrons. The first-order chi connectivity index (χ1) is 16.7. The molecule has 2 nitrogen and oxygen atoms in total. The van der Waals surface area contributed by atoms with E-state index in [2.05, 4.69) is 35.3 Å². The van der Waals surface area contributed by atoms with Gasteiger partial charge >= 0.3 is 0 Å². The van der Waals surface area contributed by atoms with Crippen LogP contribution in [0.25, 0.3) is 32.9 Å². The molecule has 0 amide bonds. The van der Waals surface area contributed by atoms with Crippen molar-refractivity contribution in [3.05, 3.63) is 127 Å². The first-order valence-corrected chi connectivity index (χ1v) is 11.1. The summed E-state index contributed by atoms with van der Waals surface area (Å²) >= 11 is 0. The number of rotatable bonds is 4. The summed E-state index contributed by atoms with van der Waals surface area (Å²) in [5.41, 5.74) is 5.56. The van der Waals surface area contributed by atoms with Crippen molar-refractivity contribution < 1.29 is 8.78 Å². The highest BCUT2D eigenvalue weighted by Gasteiger charge is 2.19. The lowest BCUT2D eigenvalue weighted by molar-refractivity contribution is 0.619. The Labute approximate surface area is 195 Å². The number of halogens is 2. The van der Waals surface area contributed by atoms with E-state index >= 15 is 0 Å². The maximum Gasteiger partial charge on any atom is 0.147 e. The highest BCUT2D eigenvalue weighted by atomic mass is 19.1. The van der Waals surface area contributed by atoms with E-state index in [-0.39, 0.29) is 0 Å². The number of nitrogens with one attached hydrogen (secondary N) is 1. The lowest BCUT2D eigenvalue weighted by Crippen LogP contribution is -2.13. The van der Waals surface area contributed by atoms with Crippen LogP contribution in [0.15, 0.2) is 115 Å². The summed E-state index contributed by atoms with van der Waals surface area (Å²) in [5.74, 6) is -0.834. The lowest BCUT2D eigenvalue weighted by atomic mass is 10.0. The first-order valence-electron chi connectivity index (χ1n) is 11.1. The van der Waals surface area contributed by atoms with Gasteiger partial charge in [0, 0.05) is 27.5 Å². The molecular weight excluding hydrogens is 426 g/mol. The fourth-order valence-corrected chi connectivity index (χ4v) is 4.50. The Morgan fingerprint density at radius 2 is 1.06 bits per heavy atom. The van der Waals surface area contributed by atoms with E-state index in [4.69, 9.17) is 0 Å². The van der Waals surface area contributed by atoms with Crippen molar-refractivity contribution in [2.24, 2.45) is 0 Å². The van der Waals surface area contributed by atoms with Gasteiger partial charge in [-0.1, -0.05) is 60.7 Å². The molecule has 0 bridgehead atoms. The molecule has 0 aliphatic rings. The summed E-state index contributed by atoms with van der Waals surface area (Å²) in [4.78, 5) is 5.06. The summed E-state index contributed by atoms with van der Waals surface area (Å²) < 4.78 is 29.5. The molecule has 34 heavy (non-hydrogen) atoms. The van der Waals surface area contributed by atoms with Crippen molar-refractivity contribution in [2.45, 2.75) is 0 Å². The molecule has 1 aromatic heterocycles. The molecule has 0 saturated heterocycles. The summed E-state index contributed by atoms with van der Waals surface area (Å²) in [5, 5.41) is 2.35. The van der Waals surface area contributed by atoms with Crippen molar-refractivity contribution >= 4 is 38.9 Å². The third-order valence-electron chi connectivity index (χ3n) is 6.15. The number of benzene rings is 5. The minimum absolute atomic E-state index is 0.292. The molecule has 6 rings (SSSR count). The molecule has 0 saturated carbocycles. The lowest BCUT2D eigenvalue weighted by Gasteiger charge is -2.26. The van der Waals surface area contributed by atoms with Crippen LogP contribution in [0.3, 0.4) is 0 Å². The van der Waals surface area contributed by atoms with E-state index < -0.39 is 11.6 Å². The highest BCUT2D eigenvalue weighted by Crippen LogP contribution is 2.38. The second-order valence-electron chi connectivity index (χ2n) is 8.22. The average Bonchev–Trinajstić information content (AvgIpc) is 3.25. The van der Waals surface area contributed by atoms with E-state index in [0.717, 1.165) is 27.5 Å². The number of hydrogen-bond donors (Lipinski definition) is 1. The second-order valence-corrected chi connectivity index (χ2v) is 8.22. The maximum atomic E-state index is 14.8. The molecule has 0 unspecified atom stereocenters. The summed E-state index contributed by atoms with van der Waals surface area (Å²) in [6.07, 6.45) is 0. The van der Waals surface area contributed by atoms with Gasteiger partial charge in [0.15, 0.2) is 0 Å². The SMILES string of the molecule is Fc1ccccc1N(c1ccc(-c2ccc3[nH]c4ccccc4c3c2)cc1)c1ccccc1F. The Morgan fingerprint density at radius 1 is 0.500 bits per heavy atom. The van der Waals surface area contributed by atoms with Gasteiger partial charge in [-0.2, -0.15) is 0 Å². The zero-order valence-electron chi connectivity index (χ0n) is 18.2. The summed E-state index contributed by atoms with van der Waals surface area (Å²) in [6.45, 7) is 0. The molecule has 0 atom stereocenters. The van der Waals surface area contributed by atoms with E-state index in [1.165, 1.54) is 17.5 Å². The van der Waals surface area contributed by atoms with Crippen molar-refractivity contribution in [1.29, 1.82) is 0 Å². The van der Waals surface area contributed by atoms with Crippen LogP contribution in [0, 0.1) is 11.6 Å². The summed E-state index contributed by atoms with van der Waals surface area (Å²) in [6, 6.07) is 35.2. The number of fused-ring (bicyclic) bond motifs is 3. The quantitative estimate of drug-likeness (QED) is 0.287. The minimum Gasteiger partial charge on any atom is -0.355 e. The van der Waals surface area contributed by atoms with Crippen LogP contribution in [-0.4, -0.2) is 4.98 Å². The molecule has 5 aromatic carbocycles. The molecule has 0 aliphatic carbocycles.